The number of carbonyl (C=O) groups is 1. The Kier molecular flexibility index (Phi) is 3.51. The average molecular weight is 192 g/mol. The Labute approximate surface area is 83.9 Å². The molecule has 0 atom stereocenters. The molecule has 0 saturated heterocycles. The molecule has 75 valence electrons. The maximum Gasteiger partial charge on any atom is 0.224 e. The molecular formula is C11H14NO2. The van der Waals surface area contributed by atoms with E-state index >= 15 is 0 Å². The summed E-state index contributed by atoms with van der Waals surface area (Å²) < 4.78 is 5.42. The Balaban J connectivity index is 2.62. The van der Waals surface area contributed by atoms with Crippen molar-refractivity contribution in [2.75, 3.05) is 6.61 Å². The summed E-state index contributed by atoms with van der Waals surface area (Å²) in [5.74, 6) is 0.362. The van der Waals surface area contributed by atoms with Crippen LogP contribution in [0.15, 0.2) is 18.2 Å². The van der Waals surface area contributed by atoms with Gasteiger partial charge in [-0.15, -0.1) is 0 Å². The average Bonchev–Trinajstić information content (AvgIpc) is 2.09. The molecule has 1 aromatic rings. The number of rotatable bonds is 4. The van der Waals surface area contributed by atoms with E-state index in [1.807, 2.05) is 32.0 Å². The van der Waals surface area contributed by atoms with Gasteiger partial charge in [-0.05, 0) is 25.0 Å². The van der Waals surface area contributed by atoms with Gasteiger partial charge in [0.2, 0.25) is 5.91 Å². The molecule has 0 aliphatic rings. The maximum atomic E-state index is 10.4. The zero-order valence-electron chi connectivity index (χ0n) is 8.41. The second-order valence-corrected chi connectivity index (χ2v) is 3.14. The van der Waals surface area contributed by atoms with Gasteiger partial charge in [-0.25, -0.2) is 0 Å². The Hall–Kier alpha value is -1.51. The van der Waals surface area contributed by atoms with Gasteiger partial charge in [0.25, 0.3) is 0 Å². The summed E-state index contributed by atoms with van der Waals surface area (Å²) in [7, 11) is 0. The molecule has 0 saturated carbocycles. The van der Waals surface area contributed by atoms with E-state index in [0.29, 0.717) is 0 Å². The fourth-order valence-electron chi connectivity index (χ4n) is 1.23. The van der Waals surface area contributed by atoms with Gasteiger partial charge in [0.05, 0.1) is 6.42 Å². The summed E-state index contributed by atoms with van der Waals surface area (Å²) in [4.78, 5) is 10.4. The molecule has 0 unspecified atom stereocenters. The Morgan fingerprint density at radius 3 is 2.50 bits per heavy atom. The van der Waals surface area contributed by atoms with Crippen LogP contribution < -0.4 is 10.5 Å². The molecule has 3 nitrogen and oxygen atoms in total. The number of aryl methyl sites for hydroxylation is 2. The Morgan fingerprint density at radius 2 is 2.00 bits per heavy atom. The first-order chi connectivity index (χ1) is 6.61. The number of carbonyl (C=O) groups excluding carboxylic acids is 1. The number of benzene rings is 1. The second kappa shape index (κ2) is 4.65. The standard InChI is InChI=1S/C11H14NO2/c1-8-4-3-5-9(2)11(8)14-7-6-10(12)13/h3-6H,7H2,1-2H3,(H2,12,13). The van der Waals surface area contributed by atoms with Gasteiger partial charge < -0.3 is 10.5 Å². The molecule has 2 N–H and O–H groups in total. The van der Waals surface area contributed by atoms with Gasteiger partial charge in [-0.1, -0.05) is 18.2 Å². The Morgan fingerprint density at radius 1 is 1.43 bits per heavy atom. The van der Waals surface area contributed by atoms with Crippen LogP contribution in [-0.2, 0) is 4.79 Å². The highest BCUT2D eigenvalue weighted by molar-refractivity contribution is 5.82. The molecule has 0 spiro atoms. The molecule has 0 fully saturated rings. The molecule has 1 rings (SSSR count). The van der Waals surface area contributed by atoms with E-state index in [4.69, 9.17) is 10.5 Å². The molecule has 0 aliphatic carbocycles. The van der Waals surface area contributed by atoms with Crippen molar-refractivity contribution in [3.8, 4) is 5.75 Å². The SMILES string of the molecule is Cc1cccc(C)c1OC[CH]C(N)=O. The monoisotopic (exact) mass is 192 g/mol. The molecule has 14 heavy (non-hydrogen) atoms. The van der Waals surface area contributed by atoms with E-state index < -0.39 is 5.91 Å². The second-order valence-electron chi connectivity index (χ2n) is 3.14. The molecule has 1 amide bonds. The largest absolute Gasteiger partial charge is 0.492 e. The number of nitrogens with two attached hydrogens (primary N) is 1. The predicted molar refractivity (Wildman–Crippen MR) is 54.9 cm³/mol. The van der Waals surface area contributed by atoms with Crippen LogP contribution in [0.3, 0.4) is 0 Å². The summed E-state index contributed by atoms with van der Waals surface area (Å²) in [6, 6.07) is 5.90. The van der Waals surface area contributed by atoms with Gasteiger partial charge in [-0.2, -0.15) is 0 Å². The van der Waals surface area contributed by atoms with Crippen LogP contribution in [0, 0.1) is 20.3 Å². The van der Waals surface area contributed by atoms with Crippen molar-refractivity contribution in [1.82, 2.24) is 0 Å². The topological polar surface area (TPSA) is 52.3 Å². The zero-order valence-corrected chi connectivity index (χ0v) is 8.41. The molecule has 3 heteroatoms. The van der Waals surface area contributed by atoms with Crippen LogP contribution in [0.2, 0.25) is 0 Å². The lowest BCUT2D eigenvalue weighted by molar-refractivity contribution is -0.115. The highest BCUT2D eigenvalue weighted by Crippen LogP contribution is 2.22. The van der Waals surface area contributed by atoms with E-state index in [2.05, 4.69) is 0 Å². The van der Waals surface area contributed by atoms with E-state index in [0.717, 1.165) is 16.9 Å². The van der Waals surface area contributed by atoms with Gasteiger partial charge in [0.1, 0.15) is 12.4 Å². The summed E-state index contributed by atoms with van der Waals surface area (Å²) in [6.45, 7) is 4.15. The van der Waals surface area contributed by atoms with Crippen LogP contribution in [-0.4, -0.2) is 12.5 Å². The number of para-hydroxylation sites is 1. The van der Waals surface area contributed by atoms with Crippen molar-refractivity contribution in [1.29, 1.82) is 0 Å². The number of hydrogen-bond donors (Lipinski definition) is 1. The highest BCUT2D eigenvalue weighted by atomic mass is 16.5. The molecule has 0 bridgehead atoms. The van der Waals surface area contributed by atoms with Crippen molar-refractivity contribution in [3.63, 3.8) is 0 Å². The first-order valence-corrected chi connectivity index (χ1v) is 4.43. The van der Waals surface area contributed by atoms with Crippen molar-refractivity contribution in [2.24, 2.45) is 5.73 Å². The minimum atomic E-state index is -0.462. The molecule has 1 aromatic carbocycles. The van der Waals surface area contributed by atoms with Crippen molar-refractivity contribution in [2.45, 2.75) is 13.8 Å². The molecule has 1 radical (unpaired) electrons. The smallest absolute Gasteiger partial charge is 0.224 e. The van der Waals surface area contributed by atoms with Gasteiger partial charge >= 0.3 is 0 Å². The van der Waals surface area contributed by atoms with Gasteiger partial charge in [0, 0.05) is 0 Å². The maximum absolute atomic E-state index is 10.4. The van der Waals surface area contributed by atoms with Crippen LogP contribution in [0.1, 0.15) is 11.1 Å². The fraction of sp³-hybridized carbons (Fsp3) is 0.273. The lowest BCUT2D eigenvalue weighted by Gasteiger charge is -2.10. The number of primary amides is 1. The highest BCUT2D eigenvalue weighted by Gasteiger charge is 2.03. The van der Waals surface area contributed by atoms with E-state index in [1.54, 1.807) is 0 Å². The lowest BCUT2D eigenvalue weighted by Crippen LogP contribution is -2.16. The van der Waals surface area contributed by atoms with Gasteiger partial charge in [-0.3, -0.25) is 4.79 Å². The zero-order chi connectivity index (χ0) is 10.6. The molecule has 0 aromatic heterocycles. The van der Waals surface area contributed by atoms with E-state index in [9.17, 15) is 4.79 Å². The predicted octanol–water partition coefficient (Wildman–Crippen LogP) is 1.37. The summed E-state index contributed by atoms with van der Waals surface area (Å²) in [6.07, 6.45) is 1.31. The van der Waals surface area contributed by atoms with E-state index in [1.165, 1.54) is 6.42 Å². The number of ether oxygens (including phenoxy) is 1. The lowest BCUT2D eigenvalue weighted by atomic mass is 10.1. The number of amides is 1. The van der Waals surface area contributed by atoms with Crippen LogP contribution >= 0.6 is 0 Å². The molecular weight excluding hydrogens is 178 g/mol. The summed E-state index contributed by atoms with van der Waals surface area (Å²) in [5.41, 5.74) is 7.07. The van der Waals surface area contributed by atoms with Gasteiger partial charge in [0.15, 0.2) is 0 Å². The van der Waals surface area contributed by atoms with Crippen molar-refractivity contribution >= 4 is 5.91 Å². The van der Waals surface area contributed by atoms with Crippen molar-refractivity contribution in [3.05, 3.63) is 35.7 Å². The minimum Gasteiger partial charge on any atom is -0.492 e. The third-order valence-corrected chi connectivity index (χ3v) is 1.92. The van der Waals surface area contributed by atoms with E-state index in [-0.39, 0.29) is 6.61 Å². The molecule has 0 heterocycles. The van der Waals surface area contributed by atoms with Crippen LogP contribution in [0.5, 0.6) is 5.75 Å². The minimum absolute atomic E-state index is 0.223. The summed E-state index contributed by atoms with van der Waals surface area (Å²) >= 11 is 0. The van der Waals surface area contributed by atoms with Crippen LogP contribution in [0.25, 0.3) is 0 Å². The fourth-order valence-corrected chi connectivity index (χ4v) is 1.23. The van der Waals surface area contributed by atoms with Crippen LogP contribution in [0.4, 0.5) is 0 Å². The third kappa shape index (κ3) is 2.76. The Bertz CT molecular complexity index is 314. The normalized spacial score (nSPS) is 9.86. The first-order valence-electron chi connectivity index (χ1n) is 4.43. The number of hydrogen-bond acceptors (Lipinski definition) is 2. The summed E-state index contributed by atoms with van der Waals surface area (Å²) in [5, 5.41) is 0. The quantitative estimate of drug-likeness (QED) is 0.783. The third-order valence-electron chi connectivity index (χ3n) is 1.92. The first kappa shape index (κ1) is 10.6. The van der Waals surface area contributed by atoms with Crippen molar-refractivity contribution < 1.29 is 9.53 Å². The molecule has 0 aliphatic heterocycles.